The van der Waals surface area contributed by atoms with Gasteiger partial charge in [-0.3, -0.25) is 4.79 Å². The van der Waals surface area contributed by atoms with Crippen molar-refractivity contribution in [3.8, 4) is 11.5 Å². The van der Waals surface area contributed by atoms with Gasteiger partial charge in [-0.25, -0.2) is 0 Å². The van der Waals surface area contributed by atoms with Crippen LogP contribution in [0.25, 0.3) is 0 Å². The smallest absolute Gasteiger partial charge is 0.416 e. The molecule has 2 aliphatic heterocycles. The molecule has 3 N–H and O–H groups in total. The van der Waals surface area contributed by atoms with Gasteiger partial charge in [-0.1, -0.05) is 12.1 Å². The lowest BCUT2D eigenvalue weighted by molar-refractivity contribution is -1.02. The number of anilines is 1. The van der Waals surface area contributed by atoms with Gasteiger partial charge < -0.3 is 24.6 Å². The highest BCUT2D eigenvalue weighted by Gasteiger charge is 2.31. The fourth-order valence-electron chi connectivity index (χ4n) is 3.86. The summed E-state index contributed by atoms with van der Waals surface area (Å²) in [6.45, 7) is 4.30. The summed E-state index contributed by atoms with van der Waals surface area (Å²) in [5.74, 6) is 1.20. The first-order chi connectivity index (χ1) is 14.4. The summed E-state index contributed by atoms with van der Waals surface area (Å²) < 4.78 is 49.2. The number of alkyl halides is 3. The van der Waals surface area contributed by atoms with Crippen molar-refractivity contribution in [1.29, 1.82) is 0 Å². The normalized spacial score (nSPS) is 20.8. The molecule has 0 spiro atoms. The molecule has 160 valence electrons. The number of ether oxygens (including phenoxy) is 2. The van der Waals surface area contributed by atoms with Crippen LogP contribution >= 0.6 is 0 Å². The Morgan fingerprint density at radius 3 is 2.47 bits per heavy atom. The van der Waals surface area contributed by atoms with E-state index in [1.165, 1.54) is 21.9 Å². The molecule has 2 heterocycles. The van der Waals surface area contributed by atoms with E-state index in [2.05, 4.69) is 5.32 Å². The zero-order chi connectivity index (χ0) is 21.1. The zero-order valence-corrected chi connectivity index (χ0v) is 16.3. The number of halogens is 3. The summed E-state index contributed by atoms with van der Waals surface area (Å²) in [6.07, 6.45) is -4.32. The highest BCUT2D eigenvalue weighted by Crippen LogP contribution is 2.34. The van der Waals surface area contributed by atoms with E-state index in [0.29, 0.717) is 35.8 Å². The number of carbonyl (C=O) groups excluding carboxylic acids is 1. The van der Waals surface area contributed by atoms with Gasteiger partial charge in [0.05, 0.1) is 5.56 Å². The quantitative estimate of drug-likeness (QED) is 0.651. The minimum absolute atomic E-state index is 0.0785. The molecule has 0 radical (unpaired) electrons. The number of carbonyl (C=O) groups is 1. The molecule has 0 aliphatic carbocycles. The average molecular weight is 423 g/mol. The highest BCUT2D eigenvalue weighted by atomic mass is 19.4. The maximum Gasteiger partial charge on any atom is 0.416 e. The number of nitrogens with one attached hydrogen (secondary N) is 3. The predicted octanol–water partition coefficient (Wildman–Crippen LogP) is 0.356. The van der Waals surface area contributed by atoms with Crippen molar-refractivity contribution in [1.82, 2.24) is 0 Å². The monoisotopic (exact) mass is 423 g/mol. The molecule has 1 saturated heterocycles. The van der Waals surface area contributed by atoms with Crippen molar-refractivity contribution < 1.29 is 37.2 Å². The first kappa shape index (κ1) is 20.5. The Bertz CT molecular complexity index is 912. The summed E-state index contributed by atoms with van der Waals surface area (Å²) in [4.78, 5) is 14.8. The number of hydrogen-bond acceptors (Lipinski definition) is 3. The van der Waals surface area contributed by atoms with Gasteiger partial charge in [0.15, 0.2) is 18.0 Å². The topological polar surface area (TPSA) is 56.4 Å². The van der Waals surface area contributed by atoms with E-state index in [-0.39, 0.29) is 12.7 Å². The van der Waals surface area contributed by atoms with E-state index in [0.717, 1.165) is 32.2 Å². The minimum atomic E-state index is -4.32. The molecule has 0 saturated carbocycles. The largest absolute Gasteiger partial charge is 0.454 e. The second kappa shape index (κ2) is 8.53. The SMILES string of the molecule is O=C(C[NH+]1CC[NH+](Cc2cccc(C(F)(F)F)c2)CC1)Nc1ccc2c(c1)OCO2. The van der Waals surface area contributed by atoms with E-state index >= 15 is 0 Å². The molecule has 2 aromatic rings. The third-order valence-electron chi connectivity index (χ3n) is 5.44. The van der Waals surface area contributed by atoms with Crippen LogP contribution in [0.2, 0.25) is 0 Å². The number of piperazine rings is 1. The van der Waals surface area contributed by atoms with Gasteiger partial charge in [-0.2, -0.15) is 13.2 Å². The number of quaternary nitrogens is 2. The maximum absolute atomic E-state index is 12.9. The highest BCUT2D eigenvalue weighted by molar-refractivity contribution is 5.91. The van der Waals surface area contributed by atoms with Crippen LogP contribution in [0.15, 0.2) is 42.5 Å². The van der Waals surface area contributed by atoms with Crippen molar-refractivity contribution in [2.75, 3.05) is 44.8 Å². The number of amides is 1. The lowest BCUT2D eigenvalue weighted by atomic mass is 10.1. The first-order valence-corrected chi connectivity index (χ1v) is 9.89. The standard InChI is InChI=1S/C21H22F3N3O3/c22-21(23,24)16-3-1-2-15(10-16)12-26-6-8-27(9-7-26)13-20(28)25-17-4-5-18-19(11-17)30-14-29-18/h1-5,10-11H,6-9,12-14H2,(H,25,28)/p+2. The van der Waals surface area contributed by atoms with Gasteiger partial charge in [0, 0.05) is 17.3 Å². The fraction of sp³-hybridized carbons (Fsp3) is 0.381. The van der Waals surface area contributed by atoms with E-state index in [1.54, 1.807) is 24.3 Å². The Morgan fingerprint density at radius 2 is 1.70 bits per heavy atom. The predicted molar refractivity (Wildman–Crippen MR) is 103 cm³/mol. The van der Waals surface area contributed by atoms with Gasteiger partial charge in [0.2, 0.25) is 6.79 Å². The van der Waals surface area contributed by atoms with Crippen molar-refractivity contribution in [2.45, 2.75) is 12.7 Å². The summed E-state index contributed by atoms with van der Waals surface area (Å²) in [7, 11) is 0. The van der Waals surface area contributed by atoms with Crippen molar-refractivity contribution in [2.24, 2.45) is 0 Å². The van der Waals surface area contributed by atoms with Gasteiger partial charge in [-0.05, 0) is 24.3 Å². The van der Waals surface area contributed by atoms with Gasteiger partial charge in [-0.15, -0.1) is 0 Å². The Morgan fingerprint density at radius 1 is 0.967 bits per heavy atom. The second-order valence-corrected chi connectivity index (χ2v) is 7.67. The van der Waals surface area contributed by atoms with Crippen molar-refractivity contribution in [3.05, 3.63) is 53.6 Å². The van der Waals surface area contributed by atoms with Crippen LogP contribution in [0.1, 0.15) is 11.1 Å². The number of hydrogen-bond donors (Lipinski definition) is 3. The van der Waals surface area contributed by atoms with Crippen LogP contribution in [0.4, 0.5) is 18.9 Å². The van der Waals surface area contributed by atoms with E-state index in [4.69, 9.17) is 9.47 Å². The molecule has 1 amide bonds. The van der Waals surface area contributed by atoms with Crippen LogP contribution in [-0.4, -0.2) is 45.4 Å². The van der Waals surface area contributed by atoms with Gasteiger partial charge in [0.25, 0.3) is 5.91 Å². The molecule has 0 atom stereocenters. The number of benzene rings is 2. The molecule has 0 bridgehead atoms. The zero-order valence-electron chi connectivity index (χ0n) is 16.3. The summed E-state index contributed by atoms with van der Waals surface area (Å²) in [6, 6.07) is 10.8. The first-order valence-electron chi connectivity index (χ1n) is 9.89. The van der Waals surface area contributed by atoms with E-state index in [1.807, 2.05) is 0 Å². The fourth-order valence-corrected chi connectivity index (χ4v) is 3.86. The Labute approximate surface area is 172 Å². The number of fused-ring (bicyclic) bond motifs is 1. The molecule has 4 rings (SSSR count). The molecule has 0 unspecified atom stereocenters. The Kier molecular flexibility index (Phi) is 5.83. The molecule has 6 nitrogen and oxygen atoms in total. The maximum atomic E-state index is 12.9. The van der Waals surface area contributed by atoms with E-state index in [9.17, 15) is 18.0 Å². The molecule has 9 heteroatoms. The molecular weight excluding hydrogens is 399 g/mol. The lowest BCUT2D eigenvalue weighted by Gasteiger charge is -2.29. The summed E-state index contributed by atoms with van der Waals surface area (Å²) >= 11 is 0. The van der Waals surface area contributed by atoms with Crippen LogP contribution < -0.4 is 24.6 Å². The van der Waals surface area contributed by atoms with Crippen LogP contribution in [-0.2, 0) is 17.5 Å². The molecule has 2 aliphatic rings. The van der Waals surface area contributed by atoms with Crippen molar-refractivity contribution in [3.63, 3.8) is 0 Å². The van der Waals surface area contributed by atoms with Crippen LogP contribution in [0, 0.1) is 0 Å². The summed E-state index contributed by atoms with van der Waals surface area (Å²) in [5.41, 5.74) is 0.741. The van der Waals surface area contributed by atoms with Crippen LogP contribution in [0.3, 0.4) is 0 Å². The Hall–Kier alpha value is -2.78. The molecule has 30 heavy (non-hydrogen) atoms. The summed E-state index contributed by atoms with van der Waals surface area (Å²) in [5, 5.41) is 2.88. The Balaban J connectivity index is 1.24. The molecular formula is C21H24F3N3O3+2. The van der Waals surface area contributed by atoms with E-state index < -0.39 is 11.7 Å². The molecule has 2 aromatic carbocycles. The molecule has 0 aromatic heterocycles. The average Bonchev–Trinajstić information content (AvgIpc) is 3.17. The minimum Gasteiger partial charge on any atom is -0.454 e. The molecule has 1 fully saturated rings. The van der Waals surface area contributed by atoms with Gasteiger partial charge in [0.1, 0.15) is 32.7 Å². The third kappa shape index (κ3) is 5.03. The number of rotatable bonds is 5. The lowest BCUT2D eigenvalue weighted by Crippen LogP contribution is -3.28. The third-order valence-corrected chi connectivity index (χ3v) is 5.44. The van der Waals surface area contributed by atoms with Crippen molar-refractivity contribution >= 4 is 11.6 Å². The second-order valence-electron chi connectivity index (χ2n) is 7.67. The van der Waals surface area contributed by atoms with Crippen LogP contribution in [0.5, 0.6) is 11.5 Å². The van der Waals surface area contributed by atoms with Gasteiger partial charge >= 0.3 is 6.18 Å².